The standard InChI is InChI=1S/C34H38N2O5/c1-33(2,39)25-34(40,29-10-6-4-7-11-29)20-23-36(32(38)41-30-12-8-5-9-13-30)22-18-26-14-16-27(17-15-26)28-19-21-35(3)31(37)24-28/h4-17,19,21,24,39-40H,18,20,22-23,25H2,1-3H3. The van der Waals surface area contributed by atoms with Crippen molar-refractivity contribution in [3.8, 4) is 16.9 Å². The highest BCUT2D eigenvalue weighted by molar-refractivity contribution is 5.70. The van der Waals surface area contributed by atoms with E-state index in [-0.39, 0.29) is 24.9 Å². The Labute approximate surface area is 241 Å². The molecular weight excluding hydrogens is 516 g/mol. The van der Waals surface area contributed by atoms with Crippen LogP contribution in [0.1, 0.15) is 37.8 Å². The van der Waals surface area contributed by atoms with Gasteiger partial charge in [-0.1, -0.05) is 72.8 Å². The van der Waals surface area contributed by atoms with E-state index in [1.165, 1.54) is 4.57 Å². The molecule has 3 aromatic carbocycles. The fraction of sp³-hybridized carbons (Fsp3) is 0.294. The Morgan fingerprint density at radius 2 is 1.49 bits per heavy atom. The number of carbonyl (C=O) groups is 1. The third-order valence-corrected chi connectivity index (χ3v) is 7.10. The number of amides is 1. The van der Waals surface area contributed by atoms with Gasteiger partial charge in [-0.2, -0.15) is 0 Å². The molecule has 0 saturated carbocycles. The van der Waals surface area contributed by atoms with Crippen LogP contribution in [0.15, 0.2) is 108 Å². The number of pyridine rings is 1. The summed E-state index contributed by atoms with van der Waals surface area (Å²) in [5.41, 5.74) is 0.948. The lowest BCUT2D eigenvalue weighted by Crippen LogP contribution is -2.42. The van der Waals surface area contributed by atoms with Gasteiger partial charge >= 0.3 is 6.09 Å². The molecule has 41 heavy (non-hydrogen) atoms. The molecule has 2 N–H and O–H groups in total. The Balaban J connectivity index is 1.51. The maximum Gasteiger partial charge on any atom is 0.415 e. The van der Waals surface area contributed by atoms with Gasteiger partial charge in [0.05, 0.1) is 11.2 Å². The molecular formula is C34H38N2O5. The molecule has 1 atom stereocenters. The molecule has 1 amide bonds. The predicted molar refractivity (Wildman–Crippen MR) is 161 cm³/mol. The molecule has 0 spiro atoms. The summed E-state index contributed by atoms with van der Waals surface area (Å²) in [4.78, 5) is 26.9. The lowest BCUT2D eigenvalue weighted by Gasteiger charge is -2.35. The highest BCUT2D eigenvalue weighted by atomic mass is 16.6. The van der Waals surface area contributed by atoms with E-state index in [1.54, 1.807) is 62.3 Å². The third-order valence-electron chi connectivity index (χ3n) is 7.10. The second kappa shape index (κ2) is 13.0. The van der Waals surface area contributed by atoms with Gasteiger partial charge in [-0.15, -0.1) is 0 Å². The molecule has 0 aliphatic carbocycles. The number of aliphatic hydroxyl groups is 2. The number of nitrogens with zero attached hydrogens (tertiary/aromatic N) is 2. The van der Waals surface area contributed by atoms with Crippen LogP contribution in [0.2, 0.25) is 0 Å². The minimum absolute atomic E-state index is 0.0702. The summed E-state index contributed by atoms with van der Waals surface area (Å²) in [6.45, 7) is 3.92. The van der Waals surface area contributed by atoms with Crippen LogP contribution in [0.25, 0.3) is 11.1 Å². The fourth-order valence-electron chi connectivity index (χ4n) is 4.92. The van der Waals surface area contributed by atoms with Gasteiger partial charge in [0.15, 0.2) is 0 Å². The van der Waals surface area contributed by atoms with Crippen molar-refractivity contribution in [2.45, 2.75) is 44.3 Å². The van der Waals surface area contributed by atoms with Crippen LogP contribution in [-0.2, 0) is 19.1 Å². The van der Waals surface area contributed by atoms with Crippen LogP contribution in [-0.4, -0.2) is 44.5 Å². The monoisotopic (exact) mass is 554 g/mol. The molecule has 4 aromatic rings. The fourth-order valence-corrected chi connectivity index (χ4v) is 4.92. The Morgan fingerprint density at radius 1 is 0.854 bits per heavy atom. The molecule has 0 aliphatic heterocycles. The first kappa shape index (κ1) is 29.8. The Morgan fingerprint density at radius 3 is 2.10 bits per heavy atom. The van der Waals surface area contributed by atoms with Gasteiger partial charge in [0, 0.05) is 38.8 Å². The number of para-hydroxylation sites is 1. The quantitative estimate of drug-likeness (QED) is 0.254. The van der Waals surface area contributed by atoms with Crippen molar-refractivity contribution in [1.29, 1.82) is 0 Å². The van der Waals surface area contributed by atoms with Crippen LogP contribution < -0.4 is 10.3 Å². The highest BCUT2D eigenvalue weighted by Crippen LogP contribution is 2.34. The van der Waals surface area contributed by atoms with E-state index in [4.69, 9.17) is 4.74 Å². The molecule has 0 saturated heterocycles. The Kier molecular flexibility index (Phi) is 9.42. The summed E-state index contributed by atoms with van der Waals surface area (Å²) < 4.78 is 7.19. The normalized spacial score (nSPS) is 12.9. The van der Waals surface area contributed by atoms with Gasteiger partial charge in [-0.25, -0.2) is 4.79 Å². The SMILES string of the molecule is Cn1ccc(-c2ccc(CCN(CCC(O)(CC(C)(C)O)c3ccccc3)C(=O)Oc3ccccc3)cc2)cc1=O. The number of rotatable bonds is 11. The summed E-state index contributed by atoms with van der Waals surface area (Å²) >= 11 is 0. The highest BCUT2D eigenvalue weighted by Gasteiger charge is 2.36. The van der Waals surface area contributed by atoms with Crippen LogP contribution in [0.4, 0.5) is 4.79 Å². The predicted octanol–water partition coefficient (Wildman–Crippen LogP) is 5.53. The van der Waals surface area contributed by atoms with Gasteiger partial charge in [-0.3, -0.25) is 4.79 Å². The average molecular weight is 555 g/mol. The van der Waals surface area contributed by atoms with E-state index in [2.05, 4.69) is 0 Å². The van der Waals surface area contributed by atoms with E-state index >= 15 is 0 Å². The maximum atomic E-state index is 13.3. The number of hydrogen-bond donors (Lipinski definition) is 2. The topological polar surface area (TPSA) is 92.0 Å². The summed E-state index contributed by atoms with van der Waals surface area (Å²) in [5, 5.41) is 22.3. The third kappa shape index (κ3) is 8.39. The first-order valence-corrected chi connectivity index (χ1v) is 13.8. The zero-order valence-corrected chi connectivity index (χ0v) is 23.9. The molecule has 0 fully saturated rings. The minimum Gasteiger partial charge on any atom is -0.410 e. The lowest BCUT2D eigenvalue weighted by molar-refractivity contribution is -0.0587. The molecule has 4 rings (SSSR count). The van der Waals surface area contributed by atoms with Crippen molar-refractivity contribution in [2.24, 2.45) is 7.05 Å². The number of benzene rings is 3. The minimum atomic E-state index is -1.35. The van der Waals surface area contributed by atoms with E-state index in [0.29, 0.717) is 24.3 Å². The van der Waals surface area contributed by atoms with Crippen LogP contribution in [0.3, 0.4) is 0 Å². The summed E-state index contributed by atoms with van der Waals surface area (Å²) in [6.07, 6.45) is 2.13. The van der Waals surface area contributed by atoms with E-state index in [9.17, 15) is 19.8 Å². The summed E-state index contributed by atoms with van der Waals surface area (Å²) in [6, 6.07) is 29.6. The van der Waals surface area contributed by atoms with Crippen molar-refractivity contribution >= 4 is 6.09 Å². The van der Waals surface area contributed by atoms with Gasteiger partial charge in [0.25, 0.3) is 5.56 Å². The first-order valence-electron chi connectivity index (χ1n) is 13.8. The van der Waals surface area contributed by atoms with E-state index in [1.807, 2.05) is 66.7 Å². The summed E-state index contributed by atoms with van der Waals surface area (Å²) in [5.74, 6) is 0.440. The maximum absolute atomic E-state index is 13.3. The van der Waals surface area contributed by atoms with E-state index in [0.717, 1.165) is 16.7 Å². The molecule has 0 bridgehead atoms. The van der Waals surface area contributed by atoms with Crippen molar-refractivity contribution in [2.75, 3.05) is 13.1 Å². The van der Waals surface area contributed by atoms with Gasteiger partial charge in [0.1, 0.15) is 5.75 Å². The second-order valence-electron chi connectivity index (χ2n) is 11.1. The van der Waals surface area contributed by atoms with Gasteiger partial charge in [0.2, 0.25) is 0 Å². The molecule has 214 valence electrons. The smallest absolute Gasteiger partial charge is 0.410 e. The second-order valence-corrected chi connectivity index (χ2v) is 11.1. The van der Waals surface area contributed by atoms with E-state index < -0.39 is 17.3 Å². The lowest BCUT2D eigenvalue weighted by atomic mass is 9.81. The van der Waals surface area contributed by atoms with Crippen molar-refractivity contribution in [3.63, 3.8) is 0 Å². The number of aryl methyl sites for hydroxylation is 1. The summed E-state index contributed by atoms with van der Waals surface area (Å²) in [7, 11) is 1.72. The van der Waals surface area contributed by atoms with Crippen LogP contribution in [0.5, 0.6) is 5.75 Å². The molecule has 7 heteroatoms. The van der Waals surface area contributed by atoms with Crippen molar-refractivity contribution < 1.29 is 19.7 Å². The number of carbonyl (C=O) groups excluding carboxylic acids is 1. The average Bonchev–Trinajstić information content (AvgIpc) is 2.95. The van der Waals surface area contributed by atoms with Gasteiger partial charge in [-0.05, 0) is 67.1 Å². The molecule has 1 unspecified atom stereocenters. The number of ether oxygens (including phenoxy) is 1. The molecule has 1 aromatic heterocycles. The number of aromatic nitrogens is 1. The molecule has 7 nitrogen and oxygen atoms in total. The Hall–Kier alpha value is -4.20. The largest absolute Gasteiger partial charge is 0.415 e. The number of hydrogen-bond acceptors (Lipinski definition) is 5. The van der Waals surface area contributed by atoms with Crippen LogP contribution in [0, 0.1) is 0 Å². The zero-order valence-electron chi connectivity index (χ0n) is 23.9. The molecule has 1 heterocycles. The zero-order chi connectivity index (χ0) is 29.5. The molecule has 0 radical (unpaired) electrons. The van der Waals surface area contributed by atoms with Gasteiger partial charge < -0.3 is 24.4 Å². The van der Waals surface area contributed by atoms with Crippen molar-refractivity contribution in [1.82, 2.24) is 9.47 Å². The first-order chi connectivity index (χ1) is 19.5. The van der Waals surface area contributed by atoms with Crippen LogP contribution >= 0.6 is 0 Å². The Bertz CT molecular complexity index is 1480. The molecule has 0 aliphatic rings. The van der Waals surface area contributed by atoms with Crippen molar-refractivity contribution in [3.05, 3.63) is 125 Å².